The van der Waals surface area contributed by atoms with Gasteiger partial charge in [0, 0.05) is 17.1 Å². The van der Waals surface area contributed by atoms with Gasteiger partial charge < -0.3 is 19.5 Å². The van der Waals surface area contributed by atoms with Crippen molar-refractivity contribution in [3.63, 3.8) is 0 Å². The normalized spacial score (nSPS) is 10.7. The van der Waals surface area contributed by atoms with Gasteiger partial charge in [0.05, 0.1) is 51.2 Å². The van der Waals surface area contributed by atoms with E-state index in [0.29, 0.717) is 45.0 Å². The Kier molecular flexibility index (Phi) is 6.72. The number of rotatable bonds is 8. The van der Waals surface area contributed by atoms with Crippen molar-refractivity contribution in [2.45, 2.75) is 13.1 Å². The second kappa shape index (κ2) is 10.0. The summed E-state index contributed by atoms with van der Waals surface area (Å²) in [5, 5.41) is 8.60. The molecule has 2 heterocycles. The van der Waals surface area contributed by atoms with Crippen LogP contribution in [0.2, 0.25) is 0 Å². The Morgan fingerprint density at radius 3 is 2.24 bits per heavy atom. The summed E-state index contributed by atoms with van der Waals surface area (Å²) in [7, 11) is 4.47. The largest absolute Gasteiger partial charge is 0.493 e. The Balaban J connectivity index is 1.65. The van der Waals surface area contributed by atoms with E-state index in [1.54, 1.807) is 30.5 Å². The van der Waals surface area contributed by atoms with Crippen LogP contribution in [0, 0.1) is 0 Å². The van der Waals surface area contributed by atoms with Gasteiger partial charge in [0.15, 0.2) is 11.5 Å². The number of aromatic nitrogens is 3. The summed E-state index contributed by atoms with van der Waals surface area (Å²) in [5.74, 6) is 0.794. The van der Waals surface area contributed by atoms with Crippen LogP contribution in [0.5, 0.6) is 17.2 Å². The van der Waals surface area contributed by atoms with E-state index in [1.165, 1.54) is 26.0 Å². The van der Waals surface area contributed by atoms with Crippen molar-refractivity contribution in [3.8, 4) is 17.2 Å². The highest BCUT2D eigenvalue weighted by molar-refractivity contribution is 5.96. The molecule has 2 aromatic heterocycles. The van der Waals surface area contributed by atoms with Gasteiger partial charge in [0.2, 0.25) is 5.75 Å². The molecule has 0 saturated heterocycles. The Morgan fingerprint density at radius 1 is 0.941 bits per heavy atom. The fourth-order valence-electron chi connectivity index (χ4n) is 3.67. The van der Waals surface area contributed by atoms with Crippen molar-refractivity contribution < 1.29 is 19.0 Å². The maximum Gasteiger partial charge on any atom is 0.275 e. The minimum Gasteiger partial charge on any atom is -0.493 e. The fraction of sp³-hybridized carbons (Fsp3) is 0.200. The minimum atomic E-state index is -0.354. The number of hydrogen-bond donors (Lipinski definition) is 1. The highest BCUT2D eigenvalue weighted by atomic mass is 16.5. The summed E-state index contributed by atoms with van der Waals surface area (Å²) in [6.07, 6.45) is 1.67. The zero-order chi connectivity index (χ0) is 24.1. The van der Waals surface area contributed by atoms with Crippen molar-refractivity contribution in [2.75, 3.05) is 21.3 Å². The van der Waals surface area contributed by atoms with Crippen LogP contribution in [-0.4, -0.2) is 42.0 Å². The lowest BCUT2D eigenvalue weighted by Crippen LogP contribution is -2.29. The van der Waals surface area contributed by atoms with Gasteiger partial charge in [0.25, 0.3) is 11.5 Å². The molecular formula is C25H24N4O5. The molecule has 0 aliphatic rings. The summed E-state index contributed by atoms with van der Waals surface area (Å²) in [5.41, 5.74) is 1.38. The molecule has 0 saturated carbocycles. The number of methoxy groups -OCH3 is 3. The molecule has 4 rings (SSSR count). The zero-order valence-electron chi connectivity index (χ0n) is 19.1. The van der Waals surface area contributed by atoms with Crippen molar-refractivity contribution in [1.29, 1.82) is 0 Å². The second-order valence-corrected chi connectivity index (χ2v) is 7.37. The van der Waals surface area contributed by atoms with Crippen LogP contribution >= 0.6 is 0 Å². The number of amides is 1. The van der Waals surface area contributed by atoms with Gasteiger partial charge >= 0.3 is 0 Å². The number of carbonyl (C=O) groups excluding carboxylic acids is 1. The summed E-state index contributed by atoms with van der Waals surface area (Å²) < 4.78 is 17.3. The van der Waals surface area contributed by atoms with Crippen molar-refractivity contribution >= 4 is 16.7 Å². The number of fused-ring (bicyclic) bond motifs is 1. The topological polar surface area (TPSA) is 105 Å². The zero-order valence-corrected chi connectivity index (χ0v) is 19.1. The van der Waals surface area contributed by atoms with Crippen LogP contribution < -0.4 is 25.1 Å². The predicted octanol–water partition coefficient (Wildman–Crippen LogP) is 2.80. The quantitative estimate of drug-likeness (QED) is 0.431. The number of carbonyl (C=O) groups is 1. The Hall–Kier alpha value is -4.40. The summed E-state index contributed by atoms with van der Waals surface area (Å²) in [6, 6.07) is 15.8. The van der Waals surface area contributed by atoms with Crippen LogP contribution in [0.1, 0.15) is 21.7 Å². The molecule has 9 nitrogen and oxygen atoms in total. The first-order chi connectivity index (χ1) is 16.5. The SMILES string of the molecule is COc1cc(C(=O)NCc2nn(Cc3ccccn3)c(=O)c3ccccc23)cc(OC)c1OC. The van der Waals surface area contributed by atoms with Crippen LogP contribution in [-0.2, 0) is 13.1 Å². The molecule has 34 heavy (non-hydrogen) atoms. The Bertz CT molecular complexity index is 1360. The molecule has 174 valence electrons. The second-order valence-electron chi connectivity index (χ2n) is 7.37. The Morgan fingerprint density at radius 2 is 1.62 bits per heavy atom. The Labute approximate surface area is 195 Å². The maximum atomic E-state index is 13.0. The lowest BCUT2D eigenvalue weighted by Gasteiger charge is -2.15. The number of nitrogens with one attached hydrogen (secondary N) is 1. The standard InChI is InChI=1S/C25H24N4O5/c1-32-21-12-16(13-22(33-2)23(21)34-3)24(30)27-14-20-18-9-4-5-10-19(18)25(31)29(28-20)15-17-8-6-7-11-26-17/h4-13H,14-15H2,1-3H3,(H,27,30). The van der Waals surface area contributed by atoms with E-state index < -0.39 is 0 Å². The summed E-state index contributed by atoms with van der Waals surface area (Å²) >= 11 is 0. The number of pyridine rings is 1. The van der Waals surface area contributed by atoms with Crippen molar-refractivity contribution in [3.05, 3.63) is 88.1 Å². The van der Waals surface area contributed by atoms with E-state index in [4.69, 9.17) is 14.2 Å². The molecular weight excluding hydrogens is 436 g/mol. The van der Waals surface area contributed by atoms with E-state index in [0.717, 1.165) is 0 Å². The van der Waals surface area contributed by atoms with Gasteiger partial charge in [-0.2, -0.15) is 5.10 Å². The van der Waals surface area contributed by atoms with Crippen LogP contribution in [0.3, 0.4) is 0 Å². The van der Waals surface area contributed by atoms with Crippen molar-refractivity contribution in [2.24, 2.45) is 0 Å². The first-order valence-electron chi connectivity index (χ1n) is 10.5. The molecule has 0 radical (unpaired) electrons. The molecule has 4 aromatic rings. The van der Waals surface area contributed by atoms with Gasteiger partial charge in [0.1, 0.15) is 0 Å². The molecule has 9 heteroatoms. The van der Waals surface area contributed by atoms with Crippen LogP contribution in [0.4, 0.5) is 0 Å². The number of hydrogen-bond acceptors (Lipinski definition) is 7. The molecule has 0 atom stereocenters. The fourth-order valence-corrected chi connectivity index (χ4v) is 3.67. The number of benzene rings is 2. The van der Waals surface area contributed by atoms with Crippen LogP contribution in [0.15, 0.2) is 65.6 Å². The van der Waals surface area contributed by atoms with E-state index in [2.05, 4.69) is 15.4 Å². The number of ether oxygens (including phenoxy) is 3. The third-order valence-electron chi connectivity index (χ3n) is 5.33. The van der Waals surface area contributed by atoms with Gasteiger partial charge in [-0.25, -0.2) is 4.68 Å². The average molecular weight is 460 g/mol. The lowest BCUT2D eigenvalue weighted by molar-refractivity contribution is 0.0949. The highest BCUT2D eigenvalue weighted by Crippen LogP contribution is 2.38. The van der Waals surface area contributed by atoms with Crippen LogP contribution in [0.25, 0.3) is 10.8 Å². The molecule has 1 N–H and O–H groups in total. The van der Waals surface area contributed by atoms with E-state index in [1.807, 2.05) is 30.3 Å². The molecule has 0 aliphatic heterocycles. The van der Waals surface area contributed by atoms with Gasteiger partial charge in [-0.3, -0.25) is 14.6 Å². The first kappa shape index (κ1) is 22.8. The first-order valence-corrected chi connectivity index (χ1v) is 10.5. The molecule has 0 unspecified atom stereocenters. The molecule has 1 amide bonds. The maximum absolute atomic E-state index is 13.0. The van der Waals surface area contributed by atoms with Crippen molar-refractivity contribution in [1.82, 2.24) is 20.1 Å². The third kappa shape index (κ3) is 4.54. The van der Waals surface area contributed by atoms with Gasteiger partial charge in [-0.15, -0.1) is 0 Å². The molecule has 0 bridgehead atoms. The monoisotopic (exact) mass is 460 g/mol. The molecule has 0 fully saturated rings. The summed E-state index contributed by atoms with van der Waals surface area (Å²) in [4.78, 5) is 30.2. The van der Waals surface area contributed by atoms with E-state index in [-0.39, 0.29) is 24.6 Å². The molecule has 2 aromatic carbocycles. The predicted molar refractivity (Wildman–Crippen MR) is 127 cm³/mol. The van der Waals surface area contributed by atoms with E-state index in [9.17, 15) is 9.59 Å². The lowest BCUT2D eigenvalue weighted by atomic mass is 10.1. The van der Waals surface area contributed by atoms with Gasteiger partial charge in [-0.1, -0.05) is 24.3 Å². The average Bonchev–Trinajstić information content (AvgIpc) is 2.89. The molecule has 0 spiro atoms. The summed E-state index contributed by atoms with van der Waals surface area (Å²) in [6.45, 7) is 0.330. The smallest absolute Gasteiger partial charge is 0.275 e. The van der Waals surface area contributed by atoms with E-state index >= 15 is 0 Å². The molecule has 0 aliphatic carbocycles. The number of nitrogens with zero attached hydrogens (tertiary/aromatic N) is 3. The van der Waals surface area contributed by atoms with Gasteiger partial charge in [-0.05, 0) is 30.3 Å². The highest BCUT2D eigenvalue weighted by Gasteiger charge is 2.18. The third-order valence-corrected chi connectivity index (χ3v) is 5.33. The minimum absolute atomic E-state index is 0.110.